The van der Waals surface area contributed by atoms with Gasteiger partial charge < -0.3 is 24.8 Å². The maximum atomic E-state index is 13.6. The number of carbonyl (C=O) groups is 3. The Morgan fingerprint density at radius 3 is 1.74 bits per heavy atom. The van der Waals surface area contributed by atoms with Gasteiger partial charge in [0, 0.05) is 47.7 Å². The normalized spacial score (nSPS) is 10.5. The van der Waals surface area contributed by atoms with Crippen molar-refractivity contribution in [1.29, 1.82) is 0 Å². The maximum absolute atomic E-state index is 13.6. The third-order valence-electron chi connectivity index (χ3n) is 6.63. The molecule has 0 saturated heterocycles. The predicted octanol–water partition coefficient (Wildman–Crippen LogP) is 7.86. The molecule has 0 saturated carbocycles. The molecule has 43 heavy (non-hydrogen) atoms. The van der Waals surface area contributed by atoms with Crippen LogP contribution in [0.1, 0.15) is 36.6 Å². The van der Waals surface area contributed by atoms with Crippen LogP contribution >= 0.6 is 0 Å². The SMILES string of the molecule is Cc1cc(Oc2ccc(C=O)c(C(=O)N(C)c3cccc(Oc4cccc(Oc5cccc(N)c5)c4)c3)c2)ccc1C=O. The van der Waals surface area contributed by atoms with Gasteiger partial charge in [0.15, 0.2) is 6.29 Å². The van der Waals surface area contributed by atoms with Crippen molar-refractivity contribution in [2.45, 2.75) is 6.92 Å². The second-order valence-corrected chi connectivity index (χ2v) is 9.72. The van der Waals surface area contributed by atoms with Gasteiger partial charge in [0.05, 0.1) is 5.56 Å². The van der Waals surface area contributed by atoms with E-state index in [4.69, 9.17) is 19.9 Å². The lowest BCUT2D eigenvalue weighted by atomic mass is 10.1. The molecule has 0 atom stereocenters. The third kappa shape index (κ3) is 6.89. The van der Waals surface area contributed by atoms with E-state index in [2.05, 4.69) is 0 Å². The van der Waals surface area contributed by atoms with Crippen LogP contribution in [-0.2, 0) is 0 Å². The second kappa shape index (κ2) is 12.7. The number of nitrogens with zero attached hydrogens (tertiary/aromatic N) is 1. The van der Waals surface area contributed by atoms with E-state index in [1.54, 1.807) is 86.8 Å². The maximum Gasteiger partial charge on any atom is 0.258 e. The van der Waals surface area contributed by atoms with Crippen LogP contribution in [0.15, 0.2) is 109 Å². The zero-order valence-corrected chi connectivity index (χ0v) is 23.5. The molecule has 0 fully saturated rings. The largest absolute Gasteiger partial charge is 0.457 e. The van der Waals surface area contributed by atoms with Crippen molar-refractivity contribution in [1.82, 2.24) is 0 Å². The first-order valence-electron chi connectivity index (χ1n) is 13.4. The number of carbonyl (C=O) groups excluding carboxylic acids is 3. The highest BCUT2D eigenvalue weighted by Crippen LogP contribution is 2.32. The topological polar surface area (TPSA) is 108 Å². The fourth-order valence-electron chi connectivity index (χ4n) is 4.37. The molecule has 0 spiro atoms. The standard InChI is InChI=1S/C35H28N2O6/c1-23-16-32(14-12-24(23)21-38)43-33-15-13-25(22-39)34(20-33)35(40)37(2)27-7-4-9-29(18-27)42-31-11-5-10-30(19-31)41-28-8-3-6-26(36)17-28/h3-22H,36H2,1-2H3. The first kappa shape index (κ1) is 28.6. The van der Waals surface area contributed by atoms with Gasteiger partial charge in [-0.2, -0.15) is 0 Å². The van der Waals surface area contributed by atoms with Crippen LogP contribution in [0.3, 0.4) is 0 Å². The lowest BCUT2D eigenvalue weighted by molar-refractivity contribution is 0.0985. The minimum absolute atomic E-state index is 0.175. The zero-order chi connectivity index (χ0) is 30.3. The van der Waals surface area contributed by atoms with Gasteiger partial charge in [0.1, 0.15) is 40.8 Å². The lowest BCUT2D eigenvalue weighted by Gasteiger charge is -2.20. The van der Waals surface area contributed by atoms with E-state index in [-0.39, 0.29) is 11.1 Å². The van der Waals surface area contributed by atoms with E-state index >= 15 is 0 Å². The molecule has 0 unspecified atom stereocenters. The molecule has 0 aromatic heterocycles. The smallest absolute Gasteiger partial charge is 0.258 e. The molecule has 8 nitrogen and oxygen atoms in total. The predicted molar refractivity (Wildman–Crippen MR) is 165 cm³/mol. The number of rotatable bonds is 10. The molecule has 5 aromatic rings. The van der Waals surface area contributed by atoms with Crippen molar-refractivity contribution in [3.8, 4) is 34.5 Å². The van der Waals surface area contributed by atoms with Crippen LogP contribution < -0.4 is 24.8 Å². The molecule has 5 aromatic carbocycles. The number of nitrogens with two attached hydrogens (primary N) is 1. The van der Waals surface area contributed by atoms with Crippen LogP contribution in [0.4, 0.5) is 11.4 Å². The number of anilines is 2. The number of nitrogen functional groups attached to an aromatic ring is 1. The Kier molecular flexibility index (Phi) is 8.48. The van der Waals surface area contributed by atoms with Gasteiger partial charge >= 0.3 is 0 Å². The number of benzene rings is 5. The summed E-state index contributed by atoms with van der Waals surface area (Å²) < 4.78 is 17.9. The van der Waals surface area contributed by atoms with Crippen molar-refractivity contribution in [3.05, 3.63) is 131 Å². The van der Waals surface area contributed by atoms with Gasteiger partial charge in [-0.3, -0.25) is 14.4 Å². The second-order valence-electron chi connectivity index (χ2n) is 9.72. The minimum atomic E-state index is -0.408. The van der Waals surface area contributed by atoms with E-state index in [9.17, 15) is 14.4 Å². The van der Waals surface area contributed by atoms with Crippen LogP contribution in [0.2, 0.25) is 0 Å². The zero-order valence-electron chi connectivity index (χ0n) is 23.5. The summed E-state index contributed by atoms with van der Waals surface area (Å²) in [6.07, 6.45) is 1.41. The molecule has 5 rings (SSSR count). The van der Waals surface area contributed by atoms with E-state index in [1.807, 2.05) is 24.3 Å². The van der Waals surface area contributed by atoms with E-state index in [1.165, 1.54) is 17.0 Å². The monoisotopic (exact) mass is 572 g/mol. The summed E-state index contributed by atoms with van der Waals surface area (Å²) >= 11 is 0. The van der Waals surface area contributed by atoms with E-state index in [0.29, 0.717) is 57.7 Å². The average molecular weight is 573 g/mol. The summed E-state index contributed by atoms with van der Waals surface area (Å²) in [5, 5.41) is 0. The summed E-state index contributed by atoms with van der Waals surface area (Å²) in [5.74, 6) is 2.69. The first-order chi connectivity index (χ1) is 20.8. The molecule has 1 amide bonds. The van der Waals surface area contributed by atoms with Gasteiger partial charge in [-0.25, -0.2) is 0 Å². The van der Waals surface area contributed by atoms with Gasteiger partial charge in [-0.1, -0.05) is 18.2 Å². The van der Waals surface area contributed by atoms with Crippen LogP contribution in [0, 0.1) is 6.92 Å². The number of hydrogen-bond donors (Lipinski definition) is 1. The molecule has 0 radical (unpaired) electrons. The number of aryl methyl sites for hydroxylation is 1. The fraction of sp³-hybridized carbons (Fsp3) is 0.0571. The Morgan fingerprint density at radius 1 is 0.628 bits per heavy atom. The van der Waals surface area contributed by atoms with Crippen LogP contribution in [-0.4, -0.2) is 25.5 Å². The molecule has 0 aliphatic heterocycles. The van der Waals surface area contributed by atoms with Crippen LogP contribution in [0.5, 0.6) is 34.5 Å². The molecular formula is C35H28N2O6. The molecule has 0 aliphatic carbocycles. The van der Waals surface area contributed by atoms with Crippen molar-refractivity contribution in [2.75, 3.05) is 17.7 Å². The molecule has 2 N–H and O–H groups in total. The highest BCUT2D eigenvalue weighted by molar-refractivity contribution is 6.10. The number of aldehydes is 2. The Morgan fingerprint density at radius 2 is 1.14 bits per heavy atom. The van der Waals surface area contributed by atoms with Crippen molar-refractivity contribution >= 4 is 29.9 Å². The van der Waals surface area contributed by atoms with Gasteiger partial charge in [-0.05, 0) is 85.3 Å². The number of ether oxygens (including phenoxy) is 3. The first-order valence-corrected chi connectivity index (χ1v) is 13.4. The quantitative estimate of drug-likeness (QED) is 0.134. The summed E-state index contributed by atoms with van der Waals surface area (Å²) in [4.78, 5) is 38.0. The molecule has 214 valence electrons. The van der Waals surface area contributed by atoms with E-state index < -0.39 is 5.91 Å². The number of amides is 1. The molecule has 0 bridgehead atoms. The highest BCUT2D eigenvalue weighted by Gasteiger charge is 2.19. The van der Waals surface area contributed by atoms with Crippen molar-refractivity contribution < 1.29 is 28.6 Å². The molecule has 8 heteroatoms. The minimum Gasteiger partial charge on any atom is -0.457 e. The third-order valence-corrected chi connectivity index (χ3v) is 6.63. The summed E-state index contributed by atoms with van der Waals surface area (Å²) in [5.41, 5.74) is 8.71. The van der Waals surface area contributed by atoms with Crippen molar-refractivity contribution in [3.63, 3.8) is 0 Å². The van der Waals surface area contributed by atoms with Crippen molar-refractivity contribution in [2.24, 2.45) is 0 Å². The molecule has 0 aliphatic rings. The Balaban J connectivity index is 1.33. The summed E-state index contributed by atoms with van der Waals surface area (Å²) in [7, 11) is 1.62. The molecular weight excluding hydrogens is 544 g/mol. The van der Waals surface area contributed by atoms with Gasteiger partial charge in [-0.15, -0.1) is 0 Å². The number of hydrogen-bond acceptors (Lipinski definition) is 7. The fourth-order valence-corrected chi connectivity index (χ4v) is 4.37. The summed E-state index contributed by atoms with van der Waals surface area (Å²) in [6.45, 7) is 1.81. The highest BCUT2D eigenvalue weighted by atomic mass is 16.5. The Labute approximate surface area is 248 Å². The van der Waals surface area contributed by atoms with E-state index in [0.717, 1.165) is 11.8 Å². The molecule has 0 heterocycles. The average Bonchev–Trinajstić information content (AvgIpc) is 3.01. The van der Waals surface area contributed by atoms with Crippen LogP contribution in [0.25, 0.3) is 0 Å². The lowest BCUT2D eigenvalue weighted by Crippen LogP contribution is -2.27. The Bertz CT molecular complexity index is 1820. The summed E-state index contributed by atoms with van der Waals surface area (Å²) in [6, 6.07) is 31.1. The van der Waals surface area contributed by atoms with Gasteiger partial charge in [0.25, 0.3) is 5.91 Å². The van der Waals surface area contributed by atoms with Gasteiger partial charge in [0.2, 0.25) is 0 Å². The Hall–Kier alpha value is -5.89.